The average Bonchev–Trinajstić information content (AvgIpc) is 2.51. The molecule has 1 N–H and O–H groups in total. The highest BCUT2D eigenvalue weighted by Gasteiger charge is 2.29. The number of hydrogen-bond donors (Lipinski definition) is 1. The van der Waals surface area contributed by atoms with Crippen LogP contribution >= 0.6 is 24.0 Å². The maximum Gasteiger partial charge on any atom is 0.0409 e. The summed E-state index contributed by atoms with van der Waals surface area (Å²) in [4.78, 5) is 0. The molecule has 1 saturated heterocycles. The molecule has 0 amide bonds. The molecule has 1 nitrogen and oxygen atoms in total. The van der Waals surface area contributed by atoms with Crippen LogP contribution in [0.25, 0.3) is 0 Å². The summed E-state index contributed by atoms with van der Waals surface area (Å²) in [5, 5.41) is 4.42. The van der Waals surface area contributed by atoms with Crippen LogP contribution in [-0.4, -0.2) is 13.1 Å². The van der Waals surface area contributed by atoms with Crippen molar-refractivity contribution in [3.05, 3.63) is 34.3 Å². The Balaban J connectivity index is 0.000000853. The molecule has 1 aromatic rings. The van der Waals surface area contributed by atoms with Crippen LogP contribution in [0.1, 0.15) is 35.8 Å². The predicted octanol–water partition coefficient (Wildman–Crippen LogP) is 3.33. The molecule has 0 aromatic heterocycles. The lowest BCUT2D eigenvalue weighted by Gasteiger charge is -2.26. The first-order chi connectivity index (χ1) is 6.84. The minimum Gasteiger partial charge on any atom is -0.316 e. The van der Waals surface area contributed by atoms with Gasteiger partial charge in [0, 0.05) is 18.1 Å². The van der Waals surface area contributed by atoms with E-state index in [1.165, 1.54) is 24.0 Å². The molecule has 2 unspecified atom stereocenters. The zero-order valence-electron chi connectivity index (χ0n) is 8.50. The molecule has 1 aliphatic carbocycles. The van der Waals surface area contributed by atoms with Crippen LogP contribution in [-0.2, 0) is 0 Å². The van der Waals surface area contributed by atoms with E-state index in [4.69, 9.17) is 11.6 Å². The number of halogens is 2. The Kier molecular flexibility index (Phi) is 3.24. The molecule has 0 saturated carbocycles. The first-order valence-electron chi connectivity index (χ1n) is 5.34. The molecule has 2 heterocycles. The molecule has 3 aliphatic rings. The zero-order valence-corrected chi connectivity index (χ0v) is 10.1. The van der Waals surface area contributed by atoms with Gasteiger partial charge in [-0.1, -0.05) is 17.7 Å². The van der Waals surface area contributed by atoms with Gasteiger partial charge < -0.3 is 5.32 Å². The van der Waals surface area contributed by atoms with E-state index in [9.17, 15) is 0 Å². The second kappa shape index (κ2) is 4.32. The molecule has 2 atom stereocenters. The Morgan fingerprint density at radius 1 is 1.07 bits per heavy atom. The second-order valence-corrected chi connectivity index (χ2v) is 4.84. The van der Waals surface area contributed by atoms with E-state index in [0.29, 0.717) is 5.92 Å². The van der Waals surface area contributed by atoms with Crippen molar-refractivity contribution in [1.29, 1.82) is 0 Å². The van der Waals surface area contributed by atoms with E-state index >= 15 is 0 Å². The molecule has 4 rings (SSSR count). The fourth-order valence-corrected chi connectivity index (χ4v) is 3.02. The van der Waals surface area contributed by atoms with Crippen LogP contribution in [0.15, 0.2) is 18.2 Å². The van der Waals surface area contributed by atoms with Crippen molar-refractivity contribution < 1.29 is 0 Å². The first kappa shape index (κ1) is 11.3. The molecule has 15 heavy (non-hydrogen) atoms. The van der Waals surface area contributed by atoms with Gasteiger partial charge in [-0.3, -0.25) is 0 Å². The quantitative estimate of drug-likeness (QED) is 0.738. The van der Waals surface area contributed by atoms with Gasteiger partial charge in [-0.25, -0.2) is 0 Å². The van der Waals surface area contributed by atoms with Gasteiger partial charge in [0.25, 0.3) is 0 Å². The molecule has 2 bridgehead atoms. The summed E-state index contributed by atoms with van der Waals surface area (Å²) in [5.41, 5.74) is 3.04. The Hall–Kier alpha value is -0.240. The van der Waals surface area contributed by atoms with Crippen molar-refractivity contribution in [3.8, 4) is 0 Å². The molecule has 3 heteroatoms. The molecule has 1 aromatic carbocycles. The molecule has 2 aliphatic heterocycles. The smallest absolute Gasteiger partial charge is 0.0409 e. The summed E-state index contributed by atoms with van der Waals surface area (Å²) < 4.78 is 0. The Bertz CT molecular complexity index is 361. The van der Waals surface area contributed by atoms with E-state index in [1.807, 2.05) is 6.07 Å². The number of benzene rings is 1. The minimum atomic E-state index is 0. The Labute approximate surface area is 102 Å². The number of rotatable bonds is 0. The van der Waals surface area contributed by atoms with Crippen molar-refractivity contribution in [1.82, 2.24) is 5.32 Å². The zero-order chi connectivity index (χ0) is 9.54. The fraction of sp³-hybridized carbons (Fsp3) is 0.500. The number of nitrogens with one attached hydrogen (secondary N) is 1. The standard InChI is InChI=1S/C12H14ClN.ClH/c13-10-3-4-11-8-1-2-9(7-14-6-8)12(11)5-10;/h3-5,8-9,14H,1-2,6-7H2;1H. The molecule has 1 fully saturated rings. The SMILES string of the molecule is Cl.Clc1ccc2c(c1)C1CCC2CNC1. The third kappa shape index (κ3) is 1.89. The molecule has 0 radical (unpaired) electrons. The summed E-state index contributed by atoms with van der Waals surface area (Å²) in [5.74, 6) is 1.42. The van der Waals surface area contributed by atoms with Crippen molar-refractivity contribution in [2.45, 2.75) is 24.7 Å². The van der Waals surface area contributed by atoms with E-state index in [-0.39, 0.29) is 12.4 Å². The van der Waals surface area contributed by atoms with Crippen molar-refractivity contribution in [2.75, 3.05) is 13.1 Å². The monoisotopic (exact) mass is 243 g/mol. The minimum absolute atomic E-state index is 0. The van der Waals surface area contributed by atoms with E-state index in [0.717, 1.165) is 24.0 Å². The summed E-state index contributed by atoms with van der Waals surface area (Å²) in [6.45, 7) is 2.27. The third-order valence-electron chi connectivity index (χ3n) is 3.57. The summed E-state index contributed by atoms with van der Waals surface area (Å²) in [6.07, 6.45) is 2.66. The summed E-state index contributed by atoms with van der Waals surface area (Å²) >= 11 is 6.05. The van der Waals surface area contributed by atoms with Crippen molar-refractivity contribution >= 4 is 24.0 Å². The van der Waals surface area contributed by atoms with Crippen LogP contribution in [0, 0.1) is 0 Å². The first-order valence-corrected chi connectivity index (χ1v) is 5.72. The lowest BCUT2D eigenvalue weighted by Crippen LogP contribution is -2.18. The maximum atomic E-state index is 6.05. The Morgan fingerprint density at radius 2 is 1.73 bits per heavy atom. The van der Waals surface area contributed by atoms with Gasteiger partial charge in [-0.2, -0.15) is 0 Å². The van der Waals surface area contributed by atoms with Crippen LogP contribution in [0.4, 0.5) is 0 Å². The van der Waals surface area contributed by atoms with Gasteiger partial charge >= 0.3 is 0 Å². The van der Waals surface area contributed by atoms with Crippen molar-refractivity contribution in [2.24, 2.45) is 0 Å². The van der Waals surface area contributed by atoms with Crippen LogP contribution in [0.3, 0.4) is 0 Å². The van der Waals surface area contributed by atoms with Gasteiger partial charge in [0.15, 0.2) is 0 Å². The molecule has 82 valence electrons. The van der Waals surface area contributed by atoms with E-state index in [2.05, 4.69) is 17.4 Å². The summed E-state index contributed by atoms with van der Waals surface area (Å²) in [7, 11) is 0. The predicted molar refractivity (Wildman–Crippen MR) is 66.3 cm³/mol. The second-order valence-electron chi connectivity index (χ2n) is 4.40. The van der Waals surface area contributed by atoms with E-state index < -0.39 is 0 Å². The Morgan fingerprint density at radius 3 is 2.47 bits per heavy atom. The van der Waals surface area contributed by atoms with Crippen LogP contribution in [0.2, 0.25) is 5.02 Å². The molecule has 0 spiro atoms. The topological polar surface area (TPSA) is 12.0 Å². The van der Waals surface area contributed by atoms with E-state index in [1.54, 1.807) is 0 Å². The lowest BCUT2D eigenvalue weighted by molar-refractivity contribution is 0.549. The largest absolute Gasteiger partial charge is 0.316 e. The third-order valence-corrected chi connectivity index (χ3v) is 3.81. The highest BCUT2D eigenvalue weighted by Crippen LogP contribution is 2.41. The van der Waals surface area contributed by atoms with Crippen molar-refractivity contribution in [3.63, 3.8) is 0 Å². The van der Waals surface area contributed by atoms with Gasteiger partial charge in [-0.05, 0) is 47.9 Å². The van der Waals surface area contributed by atoms with Gasteiger partial charge in [0.2, 0.25) is 0 Å². The molecular weight excluding hydrogens is 229 g/mol. The number of fused-ring (bicyclic) bond motifs is 3. The van der Waals surface area contributed by atoms with Crippen LogP contribution < -0.4 is 5.32 Å². The number of hydrogen-bond acceptors (Lipinski definition) is 1. The van der Waals surface area contributed by atoms with Crippen LogP contribution in [0.5, 0.6) is 0 Å². The van der Waals surface area contributed by atoms with Gasteiger partial charge in [0.05, 0.1) is 0 Å². The average molecular weight is 244 g/mol. The highest BCUT2D eigenvalue weighted by molar-refractivity contribution is 6.30. The highest BCUT2D eigenvalue weighted by atomic mass is 35.5. The summed E-state index contributed by atoms with van der Waals surface area (Å²) in [6, 6.07) is 6.42. The fourth-order valence-electron chi connectivity index (χ4n) is 2.84. The lowest BCUT2D eigenvalue weighted by atomic mass is 9.78. The van der Waals surface area contributed by atoms with Gasteiger partial charge in [0.1, 0.15) is 0 Å². The maximum absolute atomic E-state index is 6.05. The van der Waals surface area contributed by atoms with Gasteiger partial charge in [-0.15, -0.1) is 12.4 Å². The normalized spacial score (nSPS) is 27.8. The molecular formula is C12H15Cl2N.